The fourth-order valence-corrected chi connectivity index (χ4v) is 5.01. The van der Waals surface area contributed by atoms with E-state index in [-0.39, 0.29) is 24.5 Å². The predicted molar refractivity (Wildman–Crippen MR) is 134 cm³/mol. The second kappa shape index (κ2) is 9.13. The normalized spacial score (nSPS) is 17.4. The lowest BCUT2D eigenvalue weighted by atomic mass is 9.94. The van der Waals surface area contributed by atoms with Gasteiger partial charge in [0.1, 0.15) is 0 Å². The van der Waals surface area contributed by atoms with Gasteiger partial charge in [0, 0.05) is 61.9 Å². The first-order valence-electron chi connectivity index (χ1n) is 12.1. The van der Waals surface area contributed by atoms with Crippen LogP contribution in [0, 0.1) is 0 Å². The Hall–Kier alpha value is -4.17. The third kappa shape index (κ3) is 3.99. The predicted octanol–water partition coefficient (Wildman–Crippen LogP) is 3.02. The summed E-state index contributed by atoms with van der Waals surface area (Å²) in [6, 6.07) is 16.7. The standard InChI is InChI=1S/C28H25N3O5/c32-25(10-8-19-7-9-23-24(17-19)36-18-35-23)30-14-11-29(12-15-30)13-16-31-27(33)21-5-1-3-20-4-2-6-22(26(20)21)28(31)34/h1-10,17H,11-16,18H2. The number of imide groups is 1. The second-order valence-corrected chi connectivity index (χ2v) is 9.08. The van der Waals surface area contributed by atoms with Gasteiger partial charge in [-0.25, -0.2) is 0 Å². The molecule has 0 atom stereocenters. The number of nitrogens with zero attached hydrogens (tertiary/aromatic N) is 3. The van der Waals surface area contributed by atoms with Gasteiger partial charge in [-0.15, -0.1) is 0 Å². The number of hydrogen-bond acceptors (Lipinski definition) is 6. The minimum Gasteiger partial charge on any atom is -0.454 e. The molecule has 0 saturated carbocycles. The van der Waals surface area contributed by atoms with E-state index in [1.54, 1.807) is 24.3 Å². The van der Waals surface area contributed by atoms with Crippen LogP contribution in [0.3, 0.4) is 0 Å². The van der Waals surface area contributed by atoms with Gasteiger partial charge in [-0.1, -0.05) is 30.3 Å². The highest BCUT2D eigenvalue weighted by molar-refractivity contribution is 6.25. The molecule has 3 aromatic rings. The summed E-state index contributed by atoms with van der Waals surface area (Å²) in [4.78, 5) is 44.2. The molecule has 182 valence electrons. The first-order valence-corrected chi connectivity index (χ1v) is 12.1. The number of rotatable bonds is 5. The molecule has 1 fully saturated rings. The van der Waals surface area contributed by atoms with Crippen LogP contribution in [0.5, 0.6) is 11.5 Å². The van der Waals surface area contributed by atoms with Crippen molar-refractivity contribution < 1.29 is 23.9 Å². The molecule has 0 aliphatic carbocycles. The Balaban J connectivity index is 1.04. The highest BCUT2D eigenvalue weighted by Gasteiger charge is 2.33. The summed E-state index contributed by atoms with van der Waals surface area (Å²) in [7, 11) is 0. The molecule has 8 heteroatoms. The molecule has 3 aromatic carbocycles. The number of benzene rings is 3. The van der Waals surface area contributed by atoms with Crippen molar-refractivity contribution in [3.05, 3.63) is 77.4 Å². The zero-order valence-corrected chi connectivity index (χ0v) is 19.7. The van der Waals surface area contributed by atoms with Crippen LogP contribution in [0.25, 0.3) is 16.8 Å². The topological polar surface area (TPSA) is 79.4 Å². The lowest BCUT2D eigenvalue weighted by Crippen LogP contribution is -2.51. The van der Waals surface area contributed by atoms with Crippen LogP contribution in [-0.4, -0.2) is 78.5 Å². The number of carbonyl (C=O) groups is 3. The SMILES string of the molecule is O=C(C=Cc1ccc2c(c1)OCO2)N1CCN(CCN2C(=O)c3cccc4cccc(c34)C2=O)CC1. The van der Waals surface area contributed by atoms with E-state index in [4.69, 9.17) is 9.47 Å². The van der Waals surface area contributed by atoms with Gasteiger partial charge >= 0.3 is 0 Å². The molecule has 3 aliphatic heterocycles. The van der Waals surface area contributed by atoms with Crippen LogP contribution < -0.4 is 9.47 Å². The van der Waals surface area contributed by atoms with E-state index in [1.807, 2.05) is 47.4 Å². The van der Waals surface area contributed by atoms with Crippen molar-refractivity contribution in [3.63, 3.8) is 0 Å². The smallest absolute Gasteiger partial charge is 0.261 e. The Morgan fingerprint density at radius 3 is 2.25 bits per heavy atom. The maximum absolute atomic E-state index is 13.1. The summed E-state index contributed by atoms with van der Waals surface area (Å²) in [5.41, 5.74) is 2.03. The van der Waals surface area contributed by atoms with Crippen molar-refractivity contribution >= 4 is 34.6 Å². The third-order valence-corrected chi connectivity index (χ3v) is 6.99. The van der Waals surface area contributed by atoms with Crippen LogP contribution in [-0.2, 0) is 4.79 Å². The molecule has 36 heavy (non-hydrogen) atoms. The summed E-state index contributed by atoms with van der Waals surface area (Å²) in [6.07, 6.45) is 3.36. The number of hydrogen-bond donors (Lipinski definition) is 0. The lowest BCUT2D eigenvalue weighted by molar-refractivity contribution is -0.127. The van der Waals surface area contributed by atoms with Gasteiger partial charge in [-0.05, 0) is 41.3 Å². The summed E-state index contributed by atoms with van der Waals surface area (Å²) >= 11 is 0. The van der Waals surface area contributed by atoms with Crippen molar-refractivity contribution in [2.24, 2.45) is 0 Å². The van der Waals surface area contributed by atoms with Gasteiger partial charge in [-0.3, -0.25) is 24.2 Å². The largest absolute Gasteiger partial charge is 0.454 e. The van der Waals surface area contributed by atoms with Crippen LogP contribution >= 0.6 is 0 Å². The van der Waals surface area contributed by atoms with Gasteiger partial charge in [0.25, 0.3) is 11.8 Å². The minimum absolute atomic E-state index is 0.0431. The van der Waals surface area contributed by atoms with E-state index in [0.29, 0.717) is 61.9 Å². The Labute approximate surface area is 208 Å². The van der Waals surface area contributed by atoms with E-state index in [0.717, 1.165) is 16.3 Å². The lowest BCUT2D eigenvalue weighted by Gasteiger charge is -2.35. The van der Waals surface area contributed by atoms with Crippen LogP contribution in [0.1, 0.15) is 26.3 Å². The fourth-order valence-electron chi connectivity index (χ4n) is 5.01. The zero-order valence-electron chi connectivity index (χ0n) is 19.7. The summed E-state index contributed by atoms with van der Waals surface area (Å²) in [5, 5.41) is 1.65. The average molecular weight is 484 g/mol. The Morgan fingerprint density at radius 1 is 0.833 bits per heavy atom. The van der Waals surface area contributed by atoms with Crippen molar-refractivity contribution in [2.45, 2.75) is 0 Å². The Bertz CT molecular complexity index is 1360. The van der Waals surface area contributed by atoms with Crippen molar-refractivity contribution in [3.8, 4) is 11.5 Å². The molecule has 6 rings (SSSR count). The minimum atomic E-state index is -0.244. The van der Waals surface area contributed by atoms with Crippen molar-refractivity contribution in [2.75, 3.05) is 46.1 Å². The summed E-state index contributed by atoms with van der Waals surface area (Å²) in [6.45, 7) is 3.67. The van der Waals surface area contributed by atoms with Crippen molar-refractivity contribution in [1.82, 2.24) is 14.7 Å². The van der Waals surface area contributed by atoms with E-state index in [2.05, 4.69) is 4.90 Å². The van der Waals surface area contributed by atoms with Gasteiger partial charge < -0.3 is 14.4 Å². The molecule has 0 radical (unpaired) electrons. The molecule has 0 spiro atoms. The molecular formula is C28H25N3O5. The molecule has 3 amide bonds. The zero-order chi connectivity index (χ0) is 24.6. The molecule has 0 unspecified atom stereocenters. The summed E-state index contributed by atoms with van der Waals surface area (Å²) in [5.74, 6) is 0.866. The second-order valence-electron chi connectivity index (χ2n) is 9.08. The molecule has 3 heterocycles. The van der Waals surface area contributed by atoms with Gasteiger partial charge in [0.2, 0.25) is 12.7 Å². The molecule has 3 aliphatic rings. The fraction of sp³-hybridized carbons (Fsp3) is 0.250. The molecule has 0 N–H and O–H groups in total. The monoisotopic (exact) mass is 483 g/mol. The molecule has 0 aromatic heterocycles. The number of ether oxygens (including phenoxy) is 2. The van der Waals surface area contributed by atoms with Gasteiger partial charge in [0.15, 0.2) is 11.5 Å². The maximum atomic E-state index is 13.1. The molecular weight excluding hydrogens is 458 g/mol. The maximum Gasteiger partial charge on any atom is 0.261 e. The third-order valence-electron chi connectivity index (χ3n) is 6.99. The van der Waals surface area contributed by atoms with Crippen LogP contribution in [0.15, 0.2) is 60.7 Å². The Kier molecular flexibility index (Phi) is 5.65. The van der Waals surface area contributed by atoms with Crippen molar-refractivity contribution in [1.29, 1.82) is 0 Å². The number of amides is 3. The molecule has 8 nitrogen and oxygen atoms in total. The van der Waals surface area contributed by atoms with E-state index in [9.17, 15) is 14.4 Å². The Morgan fingerprint density at radius 2 is 1.53 bits per heavy atom. The first-order chi connectivity index (χ1) is 17.6. The highest BCUT2D eigenvalue weighted by atomic mass is 16.7. The average Bonchev–Trinajstić information content (AvgIpc) is 3.38. The van der Waals surface area contributed by atoms with E-state index in [1.165, 1.54) is 4.90 Å². The highest BCUT2D eigenvalue weighted by Crippen LogP contribution is 2.33. The number of fused-ring (bicyclic) bond motifs is 1. The van der Waals surface area contributed by atoms with E-state index < -0.39 is 0 Å². The first kappa shape index (κ1) is 22.3. The van der Waals surface area contributed by atoms with Gasteiger partial charge in [-0.2, -0.15) is 0 Å². The van der Waals surface area contributed by atoms with E-state index >= 15 is 0 Å². The molecule has 1 saturated heterocycles. The van der Waals surface area contributed by atoms with Crippen LogP contribution in [0.4, 0.5) is 0 Å². The quantitative estimate of drug-likeness (QED) is 0.410. The number of carbonyl (C=O) groups excluding carboxylic acids is 3. The summed E-state index contributed by atoms with van der Waals surface area (Å²) < 4.78 is 10.7. The van der Waals surface area contributed by atoms with Gasteiger partial charge in [0.05, 0.1) is 0 Å². The number of piperazine rings is 1. The van der Waals surface area contributed by atoms with Crippen LogP contribution in [0.2, 0.25) is 0 Å². The molecule has 0 bridgehead atoms.